The molecule has 0 aliphatic heterocycles. The summed E-state index contributed by atoms with van der Waals surface area (Å²) in [4.78, 5) is 16.5. The highest BCUT2D eigenvalue weighted by Gasteiger charge is 2.32. The topological polar surface area (TPSA) is 91.7 Å². The molecule has 0 atom stereocenters. The molecule has 0 saturated heterocycles. The first-order chi connectivity index (χ1) is 14.3. The molecule has 2 N–H and O–H groups in total. The zero-order valence-electron chi connectivity index (χ0n) is 15.6. The molecule has 0 unspecified atom stereocenters. The summed E-state index contributed by atoms with van der Waals surface area (Å²) in [6, 6.07) is 12.2. The average Bonchev–Trinajstić information content (AvgIpc) is 3.12. The Kier molecular flexibility index (Phi) is 4.69. The van der Waals surface area contributed by atoms with Gasteiger partial charge in [-0.15, -0.1) is 5.10 Å². The SMILES string of the molecule is COC(=O)c1c(OCc2ccccc2)c2ccc(C(F)(F)F)cc2c2nc(N)nn12. The molecule has 0 fully saturated rings. The van der Waals surface area contributed by atoms with E-state index in [1.54, 1.807) is 0 Å². The molecule has 0 aliphatic carbocycles. The lowest BCUT2D eigenvalue weighted by Gasteiger charge is -2.16. The number of nitrogens with two attached hydrogens (primary N) is 1. The minimum Gasteiger partial charge on any atom is -0.486 e. The van der Waals surface area contributed by atoms with E-state index in [1.165, 1.54) is 13.2 Å². The highest BCUT2D eigenvalue weighted by atomic mass is 19.4. The van der Waals surface area contributed by atoms with E-state index >= 15 is 0 Å². The number of aromatic nitrogens is 3. The van der Waals surface area contributed by atoms with Crippen LogP contribution in [0, 0.1) is 0 Å². The number of ether oxygens (including phenoxy) is 2. The van der Waals surface area contributed by atoms with Crippen molar-refractivity contribution in [1.82, 2.24) is 14.6 Å². The van der Waals surface area contributed by atoms with Crippen LogP contribution in [0.4, 0.5) is 19.1 Å². The lowest BCUT2D eigenvalue weighted by molar-refractivity contribution is -0.137. The molecule has 0 saturated carbocycles. The van der Waals surface area contributed by atoms with Crippen molar-refractivity contribution in [2.24, 2.45) is 0 Å². The van der Waals surface area contributed by atoms with Crippen molar-refractivity contribution in [3.8, 4) is 5.75 Å². The molecule has 0 radical (unpaired) electrons. The number of nitrogen functional groups attached to an aromatic ring is 1. The summed E-state index contributed by atoms with van der Waals surface area (Å²) in [6.45, 7) is 0.0661. The van der Waals surface area contributed by atoms with Crippen LogP contribution in [0.1, 0.15) is 21.6 Å². The van der Waals surface area contributed by atoms with E-state index in [9.17, 15) is 18.0 Å². The standard InChI is InChI=1S/C20H15F3N4O3/c1-29-18(28)15-16(30-10-11-5-3-2-4-6-11)13-8-7-12(20(21,22)23)9-14(13)17-25-19(24)26-27(15)17/h2-9H,10H2,1H3,(H2,24,26). The summed E-state index contributed by atoms with van der Waals surface area (Å²) in [5.41, 5.74) is 5.46. The molecule has 0 bridgehead atoms. The highest BCUT2D eigenvalue weighted by Crippen LogP contribution is 2.38. The molecule has 2 heterocycles. The van der Waals surface area contributed by atoms with Gasteiger partial charge in [0.15, 0.2) is 17.1 Å². The second-order valence-electron chi connectivity index (χ2n) is 6.41. The van der Waals surface area contributed by atoms with Crippen LogP contribution in [0.2, 0.25) is 0 Å². The maximum absolute atomic E-state index is 13.3. The molecule has 4 aromatic rings. The van der Waals surface area contributed by atoms with Crippen LogP contribution in [0.5, 0.6) is 5.75 Å². The van der Waals surface area contributed by atoms with Crippen molar-refractivity contribution < 1.29 is 27.4 Å². The first kappa shape index (κ1) is 19.5. The van der Waals surface area contributed by atoms with Crippen molar-refractivity contribution in [3.05, 3.63) is 65.4 Å². The largest absolute Gasteiger partial charge is 0.486 e. The molecule has 30 heavy (non-hydrogen) atoms. The van der Waals surface area contributed by atoms with Gasteiger partial charge < -0.3 is 15.2 Å². The summed E-state index contributed by atoms with van der Waals surface area (Å²) >= 11 is 0. The fraction of sp³-hybridized carbons (Fsp3) is 0.150. The Balaban J connectivity index is 2.00. The van der Waals surface area contributed by atoms with Gasteiger partial charge in [-0.05, 0) is 23.8 Å². The molecule has 4 rings (SSSR count). The summed E-state index contributed by atoms with van der Waals surface area (Å²) in [5, 5.41) is 4.30. The van der Waals surface area contributed by atoms with Crippen molar-refractivity contribution in [1.29, 1.82) is 0 Å². The number of carbonyl (C=O) groups excluding carboxylic acids is 1. The van der Waals surface area contributed by atoms with Crippen molar-refractivity contribution in [2.75, 3.05) is 12.8 Å². The van der Waals surface area contributed by atoms with Crippen LogP contribution in [-0.2, 0) is 17.5 Å². The van der Waals surface area contributed by atoms with Gasteiger partial charge >= 0.3 is 12.1 Å². The maximum atomic E-state index is 13.3. The second-order valence-corrected chi connectivity index (χ2v) is 6.41. The number of carbonyl (C=O) groups is 1. The van der Waals surface area contributed by atoms with Gasteiger partial charge in [0, 0.05) is 10.8 Å². The number of pyridine rings is 1. The number of anilines is 1. The number of alkyl halides is 3. The summed E-state index contributed by atoms with van der Waals surface area (Å²) < 4.78 is 51.6. The fourth-order valence-corrected chi connectivity index (χ4v) is 3.14. The molecular formula is C20H15F3N4O3. The number of esters is 1. The van der Waals surface area contributed by atoms with Gasteiger partial charge in [0.25, 0.3) is 0 Å². The molecule has 7 nitrogen and oxygen atoms in total. The lowest BCUT2D eigenvalue weighted by Crippen LogP contribution is -2.14. The third-order valence-corrected chi connectivity index (χ3v) is 4.49. The van der Waals surface area contributed by atoms with E-state index in [2.05, 4.69) is 10.1 Å². The fourth-order valence-electron chi connectivity index (χ4n) is 3.14. The number of halogens is 3. The molecule has 0 spiro atoms. The van der Waals surface area contributed by atoms with E-state index in [0.717, 1.165) is 22.2 Å². The third kappa shape index (κ3) is 3.36. The molecule has 0 aliphatic rings. The number of hydrogen-bond acceptors (Lipinski definition) is 6. The Morgan fingerprint density at radius 1 is 1.13 bits per heavy atom. The Morgan fingerprint density at radius 3 is 2.53 bits per heavy atom. The third-order valence-electron chi connectivity index (χ3n) is 4.49. The monoisotopic (exact) mass is 416 g/mol. The average molecular weight is 416 g/mol. The first-order valence-corrected chi connectivity index (χ1v) is 8.74. The lowest BCUT2D eigenvalue weighted by atomic mass is 10.1. The maximum Gasteiger partial charge on any atom is 0.416 e. The van der Waals surface area contributed by atoms with E-state index < -0.39 is 17.7 Å². The highest BCUT2D eigenvalue weighted by molar-refractivity contribution is 6.05. The summed E-state index contributed by atoms with van der Waals surface area (Å²) in [7, 11) is 1.17. The number of fused-ring (bicyclic) bond motifs is 3. The van der Waals surface area contributed by atoms with Gasteiger partial charge in [-0.1, -0.05) is 30.3 Å². The Bertz CT molecular complexity index is 1250. The Morgan fingerprint density at radius 2 is 1.87 bits per heavy atom. The van der Waals surface area contributed by atoms with Crippen molar-refractivity contribution in [3.63, 3.8) is 0 Å². The quantitative estimate of drug-likeness (QED) is 0.508. The Labute approximate surface area is 167 Å². The number of methoxy groups -OCH3 is 1. The van der Waals surface area contributed by atoms with E-state index in [-0.39, 0.29) is 40.4 Å². The molecule has 2 aromatic heterocycles. The zero-order valence-corrected chi connectivity index (χ0v) is 15.6. The smallest absolute Gasteiger partial charge is 0.416 e. The van der Waals surface area contributed by atoms with E-state index in [1.807, 2.05) is 30.3 Å². The minimum atomic E-state index is -4.57. The van der Waals surface area contributed by atoms with E-state index in [4.69, 9.17) is 15.2 Å². The van der Waals surface area contributed by atoms with Gasteiger partial charge in [-0.3, -0.25) is 0 Å². The minimum absolute atomic E-state index is 0.0129. The van der Waals surface area contributed by atoms with Crippen LogP contribution in [0.15, 0.2) is 48.5 Å². The van der Waals surface area contributed by atoms with Crippen LogP contribution in [0.3, 0.4) is 0 Å². The number of nitrogens with zero attached hydrogens (tertiary/aromatic N) is 3. The zero-order chi connectivity index (χ0) is 21.5. The van der Waals surface area contributed by atoms with Gasteiger partial charge in [0.2, 0.25) is 5.95 Å². The predicted molar refractivity (Wildman–Crippen MR) is 102 cm³/mol. The van der Waals surface area contributed by atoms with Crippen LogP contribution < -0.4 is 10.5 Å². The number of benzene rings is 2. The normalized spacial score (nSPS) is 11.7. The summed E-state index contributed by atoms with van der Waals surface area (Å²) in [6.07, 6.45) is -4.57. The van der Waals surface area contributed by atoms with Gasteiger partial charge in [-0.25, -0.2) is 4.79 Å². The van der Waals surface area contributed by atoms with Crippen molar-refractivity contribution >= 4 is 28.3 Å². The van der Waals surface area contributed by atoms with E-state index in [0.29, 0.717) is 0 Å². The molecule has 2 aromatic carbocycles. The summed E-state index contributed by atoms with van der Waals surface area (Å²) in [5.74, 6) is -0.985. The van der Waals surface area contributed by atoms with Crippen molar-refractivity contribution in [2.45, 2.75) is 12.8 Å². The second kappa shape index (κ2) is 7.21. The van der Waals surface area contributed by atoms with Gasteiger partial charge in [0.05, 0.1) is 12.7 Å². The van der Waals surface area contributed by atoms with Gasteiger partial charge in [0.1, 0.15) is 6.61 Å². The van der Waals surface area contributed by atoms with Gasteiger partial charge in [-0.2, -0.15) is 22.7 Å². The van der Waals surface area contributed by atoms with Crippen LogP contribution >= 0.6 is 0 Å². The molecule has 154 valence electrons. The number of rotatable bonds is 4. The molecule has 10 heteroatoms. The van der Waals surface area contributed by atoms with Crippen LogP contribution in [0.25, 0.3) is 16.4 Å². The Hall–Kier alpha value is -3.82. The number of hydrogen-bond donors (Lipinski definition) is 1. The molecule has 0 amide bonds. The van der Waals surface area contributed by atoms with Crippen LogP contribution in [-0.4, -0.2) is 27.7 Å². The molecular weight excluding hydrogens is 401 g/mol. The predicted octanol–water partition coefficient (Wildman–Crippen LogP) is 3.85. The first-order valence-electron chi connectivity index (χ1n) is 8.74.